The Morgan fingerprint density at radius 2 is 2.21 bits per heavy atom. The molecule has 0 aliphatic heterocycles. The summed E-state index contributed by atoms with van der Waals surface area (Å²) in [5.74, 6) is -0.155. The molecule has 3 N–H and O–H groups in total. The number of halogens is 1. The summed E-state index contributed by atoms with van der Waals surface area (Å²) >= 11 is 3.10. The smallest absolute Gasteiger partial charge is 0.285 e. The Morgan fingerprint density at radius 3 is 2.68 bits per heavy atom. The number of nitrogens with two attached hydrogens (primary N) is 1. The number of nitro benzene ring substituents is 1. The van der Waals surface area contributed by atoms with Gasteiger partial charge in [-0.2, -0.15) is 0 Å². The monoisotopic (exact) mass is 327 g/mol. The number of nitro groups is 1. The van der Waals surface area contributed by atoms with Crippen molar-refractivity contribution >= 4 is 33.2 Å². The predicted octanol–water partition coefficient (Wildman–Crippen LogP) is 2.42. The second-order valence-electron chi connectivity index (χ2n) is 4.72. The van der Waals surface area contributed by atoms with Crippen molar-refractivity contribution in [2.45, 2.75) is 19.3 Å². The lowest BCUT2D eigenvalue weighted by Gasteiger charge is -2.39. The molecule has 102 valence electrons. The third-order valence-electron chi connectivity index (χ3n) is 3.58. The zero-order valence-electron chi connectivity index (χ0n) is 10.2. The molecule has 1 aromatic carbocycles. The number of rotatable bonds is 4. The number of benzene rings is 1. The number of nitrogens with one attached hydrogen (secondary N) is 1. The summed E-state index contributed by atoms with van der Waals surface area (Å²) in [6.07, 6.45) is 2.53. The largest absolute Gasteiger partial charge is 0.329 e. The molecular weight excluding hydrogens is 314 g/mol. The number of hydrogen-bond acceptors (Lipinski definition) is 4. The van der Waals surface area contributed by atoms with E-state index >= 15 is 0 Å². The Bertz CT molecular complexity index is 523. The van der Waals surface area contributed by atoms with Gasteiger partial charge >= 0.3 is 0 Å². The summed E-state index contributed by atoms with van der Waals surface area (Å²) in [6.45, 7) is 0.303. The van der Waals surface area contributed by atoms with Crippen molar-refractivity contribution in [1.82, 2.24) is 0 Å². The molecule has 1 aliphatic rings. The number of amides is 1. The molecule has 0 unspecified atom stereocenters. The van der Waals surface area contributed by atoms with Crippen LogP contribution in [0, 0.1) is 15.5 Å². The third kappa shape index (κ3) is 2.62. The highest BCUT2D eigenvalue weighted by Gasteiger charge is 2.42. The topological polar surface area (TPSA) is 98.3 Å². The number of nitrogens with zero attached hydrogens (tertiary/aromatic N) is 1. The van der Waals surface area contributed by atoms with E-state index in [1.165, 1.54) is 6.07 Å². The maximum atomic E-state index is 12.1. The molecule has 6 nitrogen and oxygen atoms in total. The molecule has 7 heteroatoms. The van der Waals surface area contributed by atoms with Gasteiger partial charge in [-0.3, -0.25) is 14.9 Å². The zero-order chi connectivity index (χ0) is 14.0. The van der Waals surface area contributed by atoms with Crippen LogP contribution in [0.25, 0.3) is 0 Å². The Labute approximate surface area is 118 Å². The average molecular weight is 328 g/mol. The van der Waals surface area contributed by atoms with Gasteiger partial charge in [0.25, 0.3) is 5.69 Å². The molecule has 0 atom stereocenters. The SMILES string of the molecule is NCC1(C(=O)Nc2ccc(Br)c([N+](=O)[O-])c2)CCC1. The van der Waals surface area contributed by atoms with Crippen LogP contribution in [0.1, 0.15) is 19.3 Å². The van der Waals surface area contributed by atoms with E-state index in [0.29, 0.717) is 16.7 Å². The van der Waals surface area contributed by atoms with Crippen molar-refractivity contribution < 1.29 is 9.72 Å². The van der Waals surface area contributed by atoms with Gasteiger partial charge in [0.05, 0.1) is 14.8 Å². The van der Waals surface area contributed by atoms with Crippen LogP contribution in [0.3, 0.4) is 0 Å². The van der Waals surface area contributed by atoms with Crippen LogP contribution in [-0.2, 0) is 4.79 Å². The quantitative estimate of drug-likeness (QED) is 0.655. The molecule has 1 aliphatic carbocycles. The maximum Gasteiger partial charge on any atom is 0.285 e. The van der Waals surface area contributed by atoms with Gasteiger partial charge in [-0.15, -0.1) is 0 Å². The Hall–Kier alpha value is -1.47. The number of carbonyl (C=O) groups excluding carboxylic acids is 1. The highest BCUT2D eigenvalue weighted by Crippen LogP contribution is 2.41. The van der Waals surface area contributed by atoms with Crippen LogP contribution in [-0.4, -0.2) is 17.4 Å². The lowest BCUT2D eigenvalue weighted by atomic mass is 9.68. The van der Waals surface area contributed by atoms with E-state index in [4.69, 9.17) is 5.73 Å². The van der Waals surface area contributed by atoms with Gasteiger partial charge in [0.2, 0.25) is 5.91 Å². The summed E-state index contributed by atoms with van der Waals surface area (Å²) in [6, 6.07) is 4.51. The van der Waals surface area contributed by atoms with E-state index in [1.807, 2.05) is 0 Å². The Balaban J connectivity index is 2.17. The highest BCUT2D eigenvalue weighted by atomic mass is 79.9. The van der Waals surface area contributed by atoms with Gasteiger partial charge in [0.1, 0.15) is 0 Å². The predicted molar refractivity (Wildman–Crippen MR) is 74.8 cm³/mol. The van der Waals surface area contributed by atoms with Crippen molar-refractivity contribution in [3.63, 3.8) is 0 Å². The van der Waals surface area contributed by atoms with Crippen LogP contribution in [0.5, 0.6) is 0 Å². The van der Waals surface area contributed by atoms with Gasteiger partial charge in [0, 0.05) is 18.3 Å². The zero-order valence-corrected chi connectivity index (χ0v) is 11.8. The minimum absolute atomic E-state index is 0.0757. The van der Waals surface area contributed by atoms with E-state index in [-0.39, 0.29) is 11.6 Å². The second kappa shape index (κ2) is 5.26. The van der Waals surface area contributed by atoms with Gasteiger partial charge in [-0.25, -0.2) is 0 Å². The molecule has 19 heavy (non-hydrogen) atoms. The normalized spacial score (nSPS) is 16.5. The lowest BCUT2D eigenvalue weighted by molar-refractivity contribution is -0.385. The summed E-state index contributed by atoms with van der Waals surface area (Å²) in [7, 11) is 0. The average Bonchev–Trinajstić information content (AvgIpc) is 2.30. The van der Waals surface area contributed by atoms with Gasteiger partial charge < -0.3 is 11.1 Å². The van der Waals surface area contributed by atoms with Gasteiger partial charge in [-0.1, -0.05) is 6.42 Å². The molecule has 1 fully saturated rings. The Morgan fingerprint density at radius 1 is 1.53 bits per heavy atom. The summed E-state index contributed by atoms with van der Waals surface area (Å²) in [5.41, 5.74) is 5.49. The molecular formula is C12H14BrN3O3. The van der Waals surface area contributed by atoms with Crippen molar-refractivity contribution in [1.29, 1.82) is 0 Å². The minimum Gasteiger partial charge on any atom is -0.329 e. The molecule has 0 radical (unpaired) electrons. The first-order chi connectivity index (χ1) is 8.98. The van der Waals surface area contributed by atoms with Crippen LogP contribution in [0.2, 0.25) is 0 Å². The van der Waals surface area contributed by atoms with E-state index in [0.717, 1.165) is 19.3 Å². The van der Waals surface area contributed by atoms with Crippen LogP contribution < -0.4 is 11.1 Å². The fourth-order valence-electron chi connectivity index (χ4n) is 2.12. The van der Waals surface area contributed by atoms with Crippen molar-refractivity contribution in [2.24, 2.45) is 11.1 Å². The maximum absolute atomic E-state index is 12.1. The van der Waals surface area contributed by atoms with Crippen LogP contribution in [0.15, 0.2) is 22.7 Å². The molecule has 0 aromatic heterocycles. The molecule has 0 saturated heterocycles. The number of carbonyl (C=O) groups is 1. The van der Waals surface area contributed by atoms with E-state index in [9.17, 15) is 14.9 Å². The molecule has 0 bridgehead atoms. The summed E-state index contributed by atoms with van der Waals surface area (Å²) in [5, 5.41) is 13.5. The molecule has 1 aromatic rings. The third-order valence-corrected chi connectivity index (χ3v) is 4.25. The first kappa shape index (κ1) is 14.0. The summed E-state index contributed by atoms with van der Waals surface area (Å²) < 4.78 is 0.382. The van der Waals surface area contributed by atoms with E-state index in [1.54, 1.807) is 12.1 Å². The first-order valence-corrected chi connectivity index (χ1v) is 6.73. The standard InChI is InChI=1S/C12H14BrN3O3/c13-9-3-2-8(6-10(9)16(18)19)15-11(17)12(7-14)4-1-5-12/h2-3,6H,1,4-5,7,14H2,(H,15,17). The fourth-order valence-corrected chi connectivity index (χ4v) is 2.51. The molecule has 1 amide bonds. The fraction of sp³-hybridized carbons (Fsp3) is 0.417. The van der Waals surface area contributed by atoms with E-state index in [2.05, 4.69) is 21.2 Å². The Kier molecular flexibility index (Phi) is 3.86. The minimum atomic E-state index is -0.498. The molecule has 2 rings (SSSR count). The van der Waals surface area contributed by atoms with Crippen molar-refractivity contribution in [2.75, 3.05) is 11.9 Å². The lowest BCUT2D eigenvalue weighted by Crippen LogP contribution is -2.47. The van der Waals surface area contributed by atoms with Gasteiger partial charge in [0.15, 0.2) is 0 Å². The molecule has 0 heterocycles. The summed E-state index contributed by atoms with van der Waals surface area (Å²) in [4.78, 5) is 22.5. The molecule has 1 saturated carbocycles. The van der Waals surface area contributed by atoms with Crippen LogP contribution >= 0.6 is 15.9 Å². The van der Waals surface area contributed by atoms with E-state index < -0.39 is 10.3 Å². The number of anilines is 1. The highest BCUT2D eigenvalue weighted by molar-refractivity contribution is 9.10. The van der Waals surface area contributed by atoms with Crippen molar-refractivity contribution in [3.05, 3.63) is 32.8 Å². The second-order valence-corrected chi connectivity index (χ2v) is 5.57. The first-order valence-electron chi connectivity index (χ1n) is 5.94. The molecule has 0 spiro atoms. The number of hydrogen-bond donors (Lipinski definition) is 2. The van der Waals surface area contributed by atoms with Gasteiger partial charge in [-0.05, 0) is 40.9 Å². The van der Waals surface area contributed by atoms with Crippen molar-refractivity contribution in [3.8, 4) is 0 Å². The van der Waals surface area contributed by atoms with Crippen LogP contribution in [0.4, 0.5) is 11.4 Å².